The van der Waals surface area contributed by atoms with Gasteiger partial charge < -0.3 is 10.4 Å². The van der Waals surface area contributed by atoms with Crippen LogP contribution in [0, 0.1) is 0 Å². The molecule has 1 unspecified atom stereocenters. The van der Waals surface area contributed by atoms with Crippen LogP contribution in [0.15, 0.2) is 55.0 Å². The molecule has 0 saturated carbocycles. The van der Waals surface area contributed by atoms with Gasteiger partial charge in [-0.25, -0.2) is 0 Å². The van der Waals surface area contributed by atoms with Gasteiger partial charge in [-0.15, -0.1) is 0 Å². The van der Waals surface area contributed by atoms with Gasteiger partial charge >= 0.3 is 6.18 Å². The fourth-order valence-corrected chi connectivity index (χ4v) is 6.10. The van der Waals surface area contributed by atoms with Crippen LogP contribution < -0.4 is 10.6 Å². The van der Waals surface area contributed by atoms with Gasteiger partial charge in [0.2, 0.25) is 11.8 Å². The molecule has 3 amide bonds. The lowest BCUT2D eigenvalue weighted by molar-refractivity contribution is -0.141. The average molecular weight is 650 g/mol. The molecule has 2 saturated heterocycles. The number of nitrogens with zero attached hydrogens (tertiary/aromatic N) is 5. The molecule has 47 heavy (non-hydrogen) atoms. The molecule has 2 aliphatic heterocycles. The molecule has 246 valence electrons. The highest BCUT2D eigenvalue weighted by Crippen LogP contribution is 2.34. The number of nitrogens with one attached hydrogen (secondary N) is 2. The molecule has 11 nitrogen and oxygen atoms in total. The van der Waals surface area contributed by atoms with Gasteiger partial charge in [-0.05, 0) is 69.0 Å². The molecule has 2 fully saturated rings. The number of amides is 3. The minimum atomic E-state index is -4.62. The fourth-order valence-electron chi connectivity index (χ4n) is 6.10. The molecule has 3 N–H and O–H groups in total. The molecular weight excluding hydrogens is 615 g/mol. The lowest BCUT2D eigenvalue weighted by Gasteiger charge is -2.31. The van der Waals surface area contributed by atoms with Crippen molar-refractivity contribution in [2.75, 3.05) is 18.4 Å². The van der Waals surface area contributed by atoms with E-state index in [1.807, 2.05) is 23.0 Å². The van der Waals surface area contributed by atoms with E-state index in [4.69, 9.17) is 5.10 Å². The zero-order valence-electron chi connectivity index (χ0n) is 25.8. The molecule has 0 aliphatic carbocycles. The molecule has 0 spiro atoms. The van der Waals surface area contributed by atoms with Crippen molar-refractivity contribution in [2.24, 2.45) is 0 Å². The minimum absolute atomic E-state index is 0.0531. The number of hydrogen-bond donors (Lipinski definition) is 3. The Labute approximate surface area is 268 Å². The highest BCUT2D eigenvalue weighted by Gasteiger charge is 2.33. The Balaban J connectivity index is 1.11. The van der Waals surface area contributed by atoms with E-state index in [0.29, 0.717) is 36.2 Å². The molecule has 3 aromatic heterocycles. The number of aliphatic hydroxyl groups is 1. The monoisotopic (exact) mass is 649 g/mol. The van der Waals surface area contributed by atoms with E-state index < -0.39 is 23.4 Å². The molecule has 5 heterocycles. The van der Waals surface area contributed by atoms with Crippen molar-refractivity contribution < 1.29 is 32.7 Å². The Bertz CT molecular complexity index is 1810. The van der Waals surface area contributed by atoms with Gasteiger partial charge in [0.25, 0.3) is 5.91 Å². The van der Waals surface area contributed by atoms with Crippen LogP contribution in [0.3, 0.4) is 0 Å². The highest BCUT2D eigenvalue weighted by molar-refractivity contribution is 6.05. The zero-order valence-corrected chi connectivity index (χ0v) is 25.8. The maximum absolute atomic E-state index is 12.9. The molecule has 0 bridgehead atoms. The Morgan fingerprint density at radius 1 is 1.04 bits per heavy atom. The summed E-state index contributed by atoms with van der Waals surface area (Å²) in [4.78, 5) is 46.8. The van der Waals surface area contributed by atoms with Crippen molar-refractivity contribution in [3.05, 3.63) is 83.1 Å². The first-order chi connectivity index (χ1) is 22.2. The van der Waals surface area contributed by atoms with E-state index in [1.165, 1.54) is 0 Å². The van der Waals surface area contributed by atoms with Gasteiger partial charge in [-0.1, -0.05) is 6.07 Å². The largest absolute Gasteiger partial charge is 0.433 e. The van der Waals surface area contributed by atoms with E-state index in [0.717, 1.165) is 60.9 Å². The second kappa shape index (κ2) is 12.5. The number of aromatic nitrogens is 4. The summed E-state index contributed by atoms with van der Waals surface area (Å²) >= 11 is 0. The van der Waals surface area contributed by atoms with Crippen LogP contribution in [-0.4, -0.2) is 60.6 Å². The first kappa shape index (κ1) is 32.3. The lowest BCUT2D eigenvalue weighted by Crippen LogP contribution is -2.39. The number of anilines is 1. The SMILES string of the molecule is CC(C)(O)c1cc2nn(C3CCN(Cc4ccc(C5CCC(=O)NC5=O)cn4)CC3)cc2cc1NC(=O)c1ccc(C(F)(F)F)nc1. The third kappa shape index (κ3) is 7.18. The third-order valence-corrected chi connectivity index (χ3v) is 8.69. The number of carbonyl (C=O) groups is 3. The van der Waals surface area contributed by atoms with Crippen LogP contribution in [-0.2, 0) is 27.9 Å². The van der Waals surface area contributed by atoms with Gasteiger partial charge in [0.15, 0.2) is 0 Å². The molecule has 2 aliphatic rings. The van der Waals surface area contributed by atoms with Gasteiger partial charge in [0, 0.05) is 61.3 Å². The molecular formula is C33H34F3N7O4. The summed E-state index contributed by atoms with van der Waals surface area (Å²) in [5.74, 6) is -1.54. The third-order valence-electron chi connectivity index (χ3n) is 8.69. The molecule has 1 aromatic carbocycles. The summed E-state index contributed by atoms with van der Waals surface area (Å²) in [6.07, 6.45) is 2.35. The van der Waals surface area contributed by atoms with E-state index >= 15 is 0 Å². The van der Waals surface area contributed by atoms with Crippen LogP contribution in [0.4, 0.5) is 18.9 Å². The van der Waals surface area contributed by atoms with Crippen molar-refractivity contribution in [1.29, 1.82) is 0 Å². The van der Waals surface area contributed by atoms with Gasteiger partial charge in [-0.2, -0.15) is 18.3 Å². The predicted molar refractivity (Wildman–Crippen MR) is 165 cm³/mol. The summed E-state index contributed by atoms with van der Waals surface area (Å²) in [6.45, 7) is 5.44. The summed E-state index contributed by atoms with van der Waals surface area (Å²) in [5.41, 5.74) is 0.568. The zero-order chi connectivity index (χ0) is 33.5. The normalized spacial score (nSPS) is 18.4. The number of imide groups is 1. The molecule has 4 aromatic rings. The Morgan fingerprint density at radius 3 is 2.43 bits per heavy atom. The van der Waals surface area contributed by atoms with Crippen molar-refractivity contribution in [3.63, 3.8) is 0 Å². The minimum Gasteiger partial charge on any atom is -0.386 e. The Morgan fingerprint density at radius 2 is 1.81 bits per heavy atom. The number of pyridine rings is 2. The number of likely N-dealkylation sites (tertiary alicyclic amines) is 1. The van der Waals surface area contributed by atoms with Crippen LogP contribution in [0.25, 0.3) is 10.9 Å². The average Bonchev–Trinajstić information content (AvgIpc) is 3.44. The maximum Gasteiger partial charge on any atom is 0.433 e. The van der Waals surface area contributed by atoms with Gasteiger partial charge in [0.05, 0.1) is 34.3 Å². The number of halogens is 3. The molecule has 14 heteroatoms. The van der Waals surface area contributed by atoms with Crippen LogP contribution in [0.1, 0.15) is 84.4 Å². The van der Waals surface area contributed by atoms with Crippen LogP contribution in [0.5, 0.6) is 0 Å². The second-order valence-electron chi connectivity index (χ2n) is 12.6. The maximum atomic E-state index is 12.9. The van der Waals surface area contributed by atoms with Crippen molar-refractivity contribution in [3.8, 4) is 0 Å². The number of benzene rings is 1. The predicted octanol–water partition coefficient (Wildman–Crippen LogP) is 4.68. The van der Waals surface area contributed by atoms with Crippen molar-refractivity contribution in [2.45, 2.75) is 69.8 Å². The number of piperidine rings is 2. The number of hydrogen-bond acceptors (Lipinski definition) is 8. The van der Waals surface area contributed by atoms with Crippen molar-refractivity contribution >= 4 is 34.3 Å². The highest BCUT2D eigenvalue weighted by atomic mass is 19.4. The summed E-state index contributed by atoms with van der Waals surface area (Å²) in [6, 6.07) is 9.19. The molecule has 1 atom stereocenters. The number of rotatable bonds is 7. The number of fused-ring (bicyclic) bond motifs is 1. The number of alkyl halides is 3. The van der Waals surface area contributed by atoms with E-state index in [2.05, 4.69) is 25.5 Å². The van der Waals surface area contributed by atoms with Gasteiger partial charge in [0.1, 0.15) is 5.69 Å². The quantitative estimate of drug-likeness (QED) is 0.245. The molecule has 6 rings (SSSR count). The van der Waals surface area contributed by atoms with Crippen LogP contribution in [0.2, 0.25) is 0 Å². The Kier molecular flexibility index (Phi) is 8.57. The topological polar surface area (TPSA) is 142 Å². The first-order valence-electron chi connectivity index (χ1n) is 15.4. The molecule has 0 radical (unpaired) electrons. The smallest absolute Gasteiger partial charge is 0.386 e. The summed E-state index contributed by atoms with van der Waals surface area (Å²) in [5, 5.41) is 21.5. The standard InChI is InChI=1S/C33H34F3N7O4/c1-32(2,47)25-14-26-21(13-27(25)39-30(45)20-4-7-28(38-16-20)33(34,35)36)17-43(41-26)23-9-11-42(12-10-23)18-22-5-3-19(15-37-22)24-6-8-29(44)40-31(24)46/h3-5,7,13-17,23-24,47H,6,8-12,18H2,1-2H3,(H,39,45)(H,40,44,46). The lowest BCUT2D eigenvalue weighted by atomic mass is 9.91. The van der Waals surface area contributed by atoms with E-state index in [9.17, 15) is 32.7 Å². The Hall–Kier alpha value is -4.69. The number of carbonyl (C=O) groups excluding carboxylic acids is 3. The van der Waals surface area contributed by atoms with Crippen molar-refractivity contribution in [1.82, 2.24) is 30.0 Å². The summed E-state index contributed by atoms with van der Waals surface area (Å²) in [7, 11) is 0. The van der Waals surface area contributed by atoms with Gasteiger partial charge in [-0.3, -0.25) is 39.3 Å². The summed E-state index contributed by atoms with van der Waals surface area (Å²) < 4.78 is 40.6. The fraction of sp³-hybridized carbons (Fsp3) is 0.394. The first-order valence-corrected chi connectivity index (χ1v) is 15.4. The van der Waals surface area contributed by atoms with E-state index in [1.54, 1.807) is 32.2 Å². The van der Waals surface area contributed by atoms with Crippen LogP contribution >= 0.6 is 0 Å². The second-order valence-corrected chi connectivity index (χ2v) is 12.6. The van der Waals surface area contributed by atoms with E-state index in [-0.39, 0.29) is 29.3 Å².